The van der Waals surface area contributed by atoms with Gasteiger partial charge in [0, 0.05) is 52.4 Å². The van der Waals surface area contributed by atoms with Crippen LogP contribution in [0.2, 0.25) is 0 Å². The first-order valence-electron chi connectivity index (χ1n) is 9.92. The summed E-state index contributed by atoms with van der Waals surface area (Å²) in [6.45, 7) is 5.28. The van der Waals surface area contributed by atoms with Gasteiger partial charge in [-0.05, 0) is 17.7 Å². The van der Waals surface area contributed by atoms with Crippen molar-refractivity contribution in [2.24, 2.45) is 0 Å². The zero-order valence-electron chi connectivity index (χ0n) is 17.1. The Morgan fingerprint density at radius 1 is 1.14 bits per heavy atom. The second kappa shape index (κ2) is 10.1. The Bertz CT molecular complexity index is 674. The van der Waals surface area contributed by atoms with E-state index in [0.717, 1.165) is 12.1 Å². The van der Waals surface area contributed by atoms with Crippen LogP contribution in [0, 0.1) is 0 Å². The number of ether oxygens (including phenoxy) is 3. The molecule has 2 heterocycles. The summed E-state index contributed by atoms with van der Waals surface area (Å²) in [5, 5.41) is 19.8. The molecule has 0 aliphatic carbocycles. The van der Waals surface area contributed by atoms with Crippen LogP contribution < -0.4 is 9.47 Å². The van der Waals surface area contributed by atoms with Crippen molar-refractivity contribution in [2.45, 2.75) is 18.8 Å². The first-order valence-corrected chi connectivity index (χ1v) is 9.92. The molecule has 9 heteroatoms. The number of β-amino-alcohol motifs (C(OH)–C–C–N with tert-alkyl or cyclic N) is 2. The van der Waals surface area contributed by atoms with Gasteiger partial charge in [-0.2, -0.15) is 0 Å². The van der Waals surface area contributed by atoms with Gasteiger partial charge in [0.2, 0.25) is 0 Å². The van der Waals surface area contributed by atoms with Gasteiger partial charge in [-0.25, -0.2) is 4.79 Å². The van der Waals surface area contributed by atoms with Gasteiger partial charge in [0.1, 0.15) is 12.7 Å². The fourth-order valence-electron chi connectivity index (χ4n) is 3.64. The number of nitrogens with zero attached hydrogens (tertiary/aromatic N) is 3. The van der Waals surface area contributed by atoms with Crippen molar-refractivity contribution in [3.8, 4) is 11.5 Å². The van der Waals surface area contributed by atoms with E-state index in [9.17, 15) is 15.0 Å². The number of hydrogen-bond acceptors (Lipinski definition) is 8. The highest BCUT2D eigenvalue weighted by atomic mass is 16.5. The lowest BCUT2D eigenvalue weighted by molar-refractivity contribution is -0.00294. The molecule has 0 saturated carbocycles. The van der Waals surface area contributed by atoms with Crippen LogP contribution >= 0.6 is 0 Å². The molecule has 2 aliphatic rings. The summed E-state index contributed by atoms with van der Waals surface area (Å²) in [5.41, 5.74) is 1.07. The van der Waals surface area contributed by atoms with Gasteiger partial charge < -0.3 is 29.3 Å². The molecule has 1 unspecified atom stereocenters. The quantitative estimate of drug-likeness (QED) is 0.620. The fourth-order valence-corrected chi connectivity index (χ4v) is 3.64. The van der Waals surface area contributed by atoms with E-state index in [0.29, 0.717) is 57.3 Å². The first kappa shape index (κ1) is 21.6. The maximum atomic E-state index is 11.5. The van der Waals surface area contributed by atoms with E-state index >= 15 is 0 Å². The molecule has 1 amide bonds. The third-order valence-corrected chi connectivity index (χ3v) is 5.28. The SMILES string of the molecule is COC(=O)N1CCN(CC(O)COc2cc(CN3CC(O)C3)ccc2OC)CC1. The predicted molar refractivity (Wildman–Crippen MR) is 106 cm³/mol. The number of carbonyl (C=O) groups is 1. The van der Waals surface area contributed by atoms with Gasteiger partial charge in [0.15, 0.2) is 11.5 Å². The number of rotatable bonds is 8. The normalized spacial score (nSPS) is 19.5. The lowest BCUT2D eigenvalue weighted by atomic mass is 10.1. The van der Waals surface area contributed by atoms with Crippen molar-refractivity contribution >= 4 is 6.09 Å². The number of aliphatic hydroxyl groups excluding tert-OH is 2. The molecule has 0 radical (unpaired) electrons. The number of carbonyl (C=O) groups excluding carboxylic acids is 1. The van der Waals surface area contributed by atoms with E-state index in [-0.39, 0.29) is 18.8 Å². The van der Waals surface area contributed by atoms with Crippen LogP contribution in [0.5, 0.6) is 11.5 Å². The Kier molecular flexibility index (Phi) is 7.54. The van der Waals surface area contributed by atoms with Gasteiger partial charge in [0.25, 0.3) is 0 Å². The molecule has 2 aliphatic heterocycles. The summed E-state index contributed by atoms with van der Waals surface area (Å²) in [6, 6.07) is 5.76. The minimum absolute atomic E-state index is 0.152. The van der Waals surface area contributed by atoms with E-state index in [1.165, 1.54) is 7.11 Å². The average molecular weight is 409 g/mol. The molecule has 3 rings (SSSR count). The third-order valence-electron chi connectivity index (χ3n) is 5.28. The van der Waals surface area contributed by atoms with Gasteiger partial charge >= 0.3 is 6.09 Å². The second-order valence-electron chi connectivity index (χ2n) is 7.56. The van der Waals surface area contributed by atoms with E-state index in [2.05, 4.69) is 9.80 Å². The van der Waals surface area contributed by atoms with Crippen LogP contribution in [0.25, 0.3) is 0 Å². The standard InChI is InChI=1S/C20H31N3O6/c1-27-18-4-3-15(10-22-11-16(24)12-22)9-19(18)29-14-17(25)13-21-5-7-23(8-6-21)20(26)28-2/h3-4,9,16-17,24-25H,5-8,10-14H2,1-2H3. The highest BCUT2D eigenvalue weighted by Gasteiger charge is 2.25. The molecule has 2 N–H and O–H groups in total. The van der Waals surface area contributed by atoms with Gasteiger partial charge in [-0.3, -0.25) is 9.80 Å². The third kappa shape index (κ3) is 5.96. The zero-order chi connectivity index (χ0) is 20.8. The summed E-state index contributed by atoms with van der Waals surface area (Å²) < 4.78 is 16.0. The topological polar surface area (TPSA) is 94.9 Å². The Hall–Kier alpha value is -2.07. The molecule has 29 heavy (non-hydrogen) atoms. The molecule has 1 aromatic rings. The lowest BCUT2D eigenvalue weighted by Gasteiger charge is -2.35. The summed E-state index contributed by atoms with van der Waals surface area (Å²) in [5.74, 6) is 1.22. The van der Waals surface area contributed by atoms with Crippen molar-refractivity contribution in [1.29, 1.82) is 0 Å². The first-order chi connectivity index (χ1) is 14.0. The molecular weight excluding hydrogens is 378 g/mol. The highest BCUT2D eigenvalue weighted by molar-refractivity contribution is 5.67. The van der Waals surface area contributed by atoms with Crippen LogP contribution in [-0.4, -0.2) is 110 Å². The van der Waals surface area contributed by atoms with Gasteiger partial charge in [0.05, 0.1) is 20.3 Å². The zero-order valence-corrected chi connectivity index (χ0v) is 17.1. The van der Waals surface area contributed by atoms with Crippen molar-refractivity contribution in [2.75, 3.05) is 66.6 Å². The number of amides is 1. The van der Waals surface area contributed by atoms with Crippen LogP contribution in [0.1, 0.15) is 5.56 Å². The number of methoxy groups -OCH3 is 2. The van der Waals surface area contributed by atoms with E-state index in [1.807, 2.05) is 18.2 Å². The number of aliphatic hydroxyl groups is 2. The molecule has 162 valence electrons. The van der Waals surface area contributed by atoms with Crippen molar-refractivity contribution in [3.63, 3.8) is 0 Å². The Balaban J connectivity index is 1.46. The number of benzene rings is 1. The van der Waals surface area contributed by atoms with Gasteiger partial charge in [-0.1, -0.05) is 6.07 Å². The highest BCUT2D eigenvalue weighted by Crippen LogP contribution is 2.29. The Morgan fingerprint density at radius 2 is 1.86 bits per heavy atom. The molecule has 0 aromatic heterocycles. The van der Waals surface area contributed by atoms with Crippen LogP contribution in [0.3, 0.4) is 0 Å². The van der Waals surface area contributed by atoms with Crippen molar-refractivity contribution in [3.05, 3.63) is 23.8 Å². The predicted octanol–water partition coefficient (Wildman–Crippen LogP) is -0.00460. The summed E-state index contributed by atoms with van der Waals surface area (Å²) in [4.78, 5) is 17.5. The van der Waals surface area contributed by atoms with E-state index in [4.69, 9.17) is 14.2 Å². The Morgan fingerprint density at radius 3 is 2.48 bits per heavy atom. The molecule has 2 saturated heterocycles. The van der Waals surface area contributed by atoms with Crippen LogP contribution in [0.4, 0.5) is 4.79 Å². The summed E-state index contributed by atoms with van der Waals surface area (Å²) in [6.07, 6.45) is -1.19. The number of hydrogen-bond donors (Lipinski definition) is 2. The van der Waals surface area contributed by atoms with E-state index < -0.39 is 6.10 Å². The van der Waals surface area contributed by atoms with Gasteiger partial charge in [-0.15, -0.1) is 0 Å². The molecule has 2 fully saturated rings. The Labute approximate surface area is 171 Å². The minimum Gasteiger partial charge on any atom is -0.493 e. The average Bonchev–Trinajstić information content (AvgIpc) is 2.71. The monoisotopic (exact) mass is 409 g/mol. The number of likely N-dealkylation sites (tertiary alicyclic amines) is 1. The number of piperazine rings is 1. The van der Waals surface area contributed by atoms with Crippen molar-refractivity contribution < 1.29 is 29.2 Å². The molecule has 9 nitrogen and oxygen atoms in total. The molecule has 0 bridgehead atoms. The maximum Gasteiger partial charge on any atom is 0.409 e. The molecule has 0 spiro atoms. The smallest absolute Gasteiger partial charge is 0.409 e. The molecular formula is C20H31N3O6. The lowest BCUT2D eigenvalue weighted by Crippen LogP contribution is -2.50. The van der Waals surface area contributed by atoms with Crippen molar-refractivity contribution in [1.82, 2.24) is 14.7 Å². The summed E-state index contributed by atoms with van der Waals surface area (Å²) >= 11 is 0. The summed E-state index contributed by atoms with van der Waals surface area (Å²) in [7, 11) is 2.97. The van der Waals surface area contributed by atoms with E-state index in [1.54, 1.807) is 12.0 Å². The molecule has 1 aromatic carbocycles. The van der Waals surface area contributed by atoms with Crippen LogP contribution in [-0.2, 0) is 11.3 Å². The maximum absolute atomic E-state index is 11.5. The largest absolute Gasteiger partial charge is 0.493 e. The second-order valence-corrected chi connectivity index (χ2v) is 7.56. The fraction of sp³-hybridized carbons (Fsp3) is 0.650. The minimum atomic E-state index is -0.654. The molecule has 1 atom stereocenters. The van der Waals surface area contributed by atoms with Crippen LogP contribution in [0.15, 0.2) is 18.2 Å².